The Labute approximate surface area is 175 Å². The van der Waals surface area contributed by atoms with E-state index < -0.39 is 0 Å². The van der Waals surface area contributed by atoms with Gasteiger partial charge in [-0.1, -0.05) is 63.2 Å². The zero-order chi connectivity index (χ0) is 20.4. The van der Waals surface area contributed by atoms with Crippen molar-refractivity contribution in [3.63, 3.8) is 0 Å². The molecule has 0 aliphatic heterocycles. The number of Topliss-reactive ketones (excluding diaryl/α,β-unsaturated/α-hetero) is 1. The van der Waals surface area contributed by atoms with Gasteiger partial charge in [-0.05, 0) is 36.0 Å². The van der Waals surface area contributed by atoms with E-state index in [0.29, 0.717) is 18.7 Å². The molecule has 3 aromatic rings. The van der Waals surface area contributed by atoms with Gasteiger partial charge >= 0.3 is 0 Å². The van der Waals surface area contributed by atoms with Gasteiger partial charge in [0.25, 0.3) is 0 Å². The van der Waals surface area contributed by atoms with Gasteiger partial charge in [0.2, 0.25) is 0 Å². The van der Waals surface area contributed by atoms with E-state index in [1.54, 1.807) is 18.0 Å². The molecule has 152 valence electrons. The number of benzene rings is 1. The maximum absolute atomic E-state index is 12.3. The minimum absolute atomic E-state index is 0.0283. The molecule has 1 aliphatic carbocycles. The minimum atomic E-state index is -0.0283. The van der Waals surface area contributed by atoms with Gasteiger partial charge in [0, 0.05) is 12.0 Å². The molecule has 1 aliphatic rings. The Morgan fingerprint density at radius 2 is 1.93 bits per heavy atom. The van der Waals surface area contributed by atoms with Gasteiger partial charge in [0.15, 0.2) is 11.0 Å². The number of hydrogen-bond acceptors (Lipinski definition) is 5. The summed E-state index contributed by atoms with van der Waals surface area (Å²) in [7, 11) is 0. The van der Waals surface area contributed by atoms with Crippen LogP contribution in [0.2, 0.25) is 0 Å². The summed E-state index contributed by atoms with van der Waals surface area (Å²) in [5.74, 6) is 1.96. The zero-order valence-electron chi connectivity index (χ0n) is 17.2. The largest absolute Gasteiger partial charge is 0.467 e. The van der Waals surface area contributed by atoms with Gasteiger partial charge in [-0.15, -0.1) is 10.2 Å². The van der Waals surface area contributed by atoms with Crippen molar-refractivity contribution < 1.29 is 9.21 Å². The predicted molar refractivity (Wildman–Crippen MR) is 115 cm³/mol. The van der Waals surface area contributed by atoms with Crippen LogP contribution in [0.3, 0.4) is 0 Å². The third-order valence-corrected chi connectivity index (χ3v) is 6.66. The average Bonchev–Trinajstić information content (AvgIpc) is 3.34. The highest BCUT2D eigenvalue weighted by Crippen LogP contribution is 2.33. The highest BCUT2D eigenvalue weighted by atomic mass is 32.2. The Balaban J connectivity index is 1.67. The maximum Gasteiger partial charge on any atom is 0.192 e. The van der Waals surface area contributed by atoms with Crippen LogP contribution in [0.4, 0.5) is 0 Å². The maximum atomic E-state index is 12.3. The third-order valence-electron chi connectivity index (χ3n) is 5.37. The van der Waals surface area contributed by atoms with E-state index in [0.717, 1.165) is 41.6 Å². The Morgan fingerprint density at radius 1 is 1.14 bits per heavy atom. The lowest BCUT2D eigenvalue weighted by Crippen LogP contribution is -2.22. The highest BCUT2D eigenvalue weighted by molar-refractivity contribution is 8.00. The number of furan rings is 1. The predicted octanol–water partition coefficient (Wildman–Crippen LogP) is 5.49. The molecule has 0 spiro atoms. The fourth-order valence-corrected chi connectivity index (χ4v) is 4.77. The molecule has 6 heteroatoms. The number of hydrogen-bond donors (Lipinski definition) is 0. The number of ketones is 1. The smallest absolute Gasteiger partial charge is 0.192 e. The van der Waals surface area contributed by atoms with Crippen LogP contribution < -0.4 is 0 Å². The van der Waals surface area contributed by atoms with E-state index >= 15 is 0 Å². The molecule has 0 radical (unpaired) electrons. The van der Waals surface area contributed by atoms with Crippen LogP contribution in [0.1, 0.15) is 57.8 Å². The van der Waals surface area contributed by atoms with Crippen LogP contribution >= 0.6 is 11.8 Å². The summed E-state index contributed by atoms with van der Waals surface area (Å²) in [5, 5.41) is 9.69. The molecule has 4 rings (SSSR count). The molecule has 1 atom stereocenters. The van der Waals surface area contributed by atoms with Gasteiger partial charge in [-0.2, -0.15) is 0 Å². The first-order chi connectivity index (χ1) is 13.9. The summed E-state index contributed by atoms with van der Waals surface area (Å²) in [5.41, 5.74) is 2.39. The molecule has 5 nitrogen and oxygen atoms in total. The van der Waals surface area contributed by atoms with Crippen LogP contribution in [0.15, 0.2) is 52.2 Å². The zero-order valence-corrected chi connectivity index (χ0v) is 18.0. The van der Waals surface area contributed by atoms with Crippen molar-refractivity contribution in [2.24, 2.45) is 0 Å². The first kappa shape index (κ1) is 20.0. The van der Waals surface area contributed by atoms with Crippen LogP contribution in [-0.4, -0.2) is 25.8 Å². The Bertz CT molecular complexity index is 969. The van der Waals surface area contributed by atoms with E-state index in [-0.39, 0.29) is 10.7 Å². The SMILES string of the molecule is CC(C)(C)c1ccc(-c2nnc(S[C@H]3CCCCC3=O)n2Cc2ccco2)cc1. The number of aromatic nitrogens is 3. The molecule has 1 aromatic carbocycles. The average molecular weight is 410 g/mol. The molecular weight excluding hydrogens is 382 g/mol. The van der Waals surface area contributed by atoms with E-state index in [9.17, 15) is 4.79 Å². The number of carbonyl (C=O) groups is 1. The van der Waals surface area contributed by atoms with Crippen molar-refractivity contribution in [3.8, 4) is 11.4 Å². The Kier molecular flexibility index (Phi) is 5.63. The van der Waals surface area contributed by atoms with Gasteiger partial charge in [-0.25, -0.2) is 0 Å². The monoisotopic (exact) mass is 409 g/mol. The molecule has 0 amide bonds. The molecule has 0 saturated heterocycles. The standard InChI is InChI=1S/C23H27N3O2S/c1-23(2,3)17-12-10-16(11-13-17)21-24-25-22(26(21)15-18-7-6-14-28-18)29-20-9-5-4-8-19(20)27/h6-7,10-14,20H,4-5,8-9,15H2,1-3H3/t20-/m0/s1. The van der Waals surface area contributed by atoms with E-state index in [2.05, 4.69) is 59.8 Å². The van der Waals surface area contributed by atoms with Crippen LogP contribution in [0.5, 0.6) is 0 Å². The second kappa shape index (κ2) is 8.19. The molecule has 2 aromatic heterocycles. The second-order valence-corrected chi connectivity index (χ2v) is 9.79. The summed E-state index contributed by atoms with van der Waals surface area (Å²) in [6, 6.07) is 12.3. The molecule has 1 fully saturated rings. The molecule has 1 saturated carbocycles. The summed E-state index contributed by atoms with van der Waals surface area (Å²) in [4.78, 5) is 12.3. The number of carbonyl (C=O) groups excluding carboxylic acids is 1. The number of nitrogens with zero attached hydrogens (tertiary/aromatic N) is 3. The molecule has 0 unspecified atom stereocenters. The van der Waals surface area contributed by atoms with Crippen LogP contribution in [0, 0.1) is 0 Å². The fourth-order valence-electron chi connectivity index (χ4n) is 3.61. The van der Waals surface area contributed by atoms with Gasteiger partial charge in [-0.3, -0.25) is 9.36 Å². The highest BCUT2D eigenvalue weighted by Gasteiger charge is 2.27. The van der Waals surface area contributed by atoms with Gasteiger partial charge in [0.05, 0.1) is 18.1 Å². The van der Waals surface area contributed by atoms with E-state index in [1.165, 1.54) is 5.56 Å². The number of rotatable bonds is 5. The molecule has 2 heterocycles. The third kappa shape index (κ3) is 4.47. The van der Waals surface area contributed by atoms with Crippen molar-refractivity contribution in [1.29, 1.82) is 0 Å². The molecule has 29 heavy (non-hydrogen) atoms. The second-order valence-electron chi connectivity index (χ2n) is 8.62. The van der Waals surface area contributed by atoms with Crippen molar-refractivity contribution >= 4 is 17.5 Å². The topological polar surface area (TPSA) is 60.9 Å². The van der Waals surface area contributed by atoms with Crippen molar-refractivity contribution in [2.45, 2.75) is 68.8 Å². The summed E-state index contributed by atoms with van der Waals surface area (Å²) < 4.78 is 7.64. The molecular formula is C23H27N3O2S. The first-order valence-corrected chi connectivity index (χ1v) is 11.1. The summed E-state index contributed by atoms with van der Waals surface area (Å²) in [6.45, 7) is 7.16. The summed E-state index contributed by atoms with van der Waals surface area (Å²) >= 11 is 1.54. The molecule has 0 N–H and O–H groups in total. The normalized spacial score (nSPS) is 17.6. The fraction of sp³-hybridized carbons (Fsp3) is 0.435. The lowest BCUT2D eigenvalue weighted by atomic mass is 9.87. The van der Waals surface area contributed by atoms with Crippen LogP contribution in [0.25, 0.3) is 11.4 Å². The quantitative estimate of drug-likeness (QED) is 0.558. The molecule has 0 bridgehead atoms. The van der Waals surface area contributed by atoms with Gasteiger partial charge < -0.3 is 4.42 Å². The Hall–Kier alpha value is -2.34. The first-order valence-electron chi connectivity index (χ1n) is 10.2. The lowest BCUT2D eigenvalue weighted by Gasteiger charge is -2.20. The summed E-state index contributed by atoms with van der Waals surface area (Å²) in [6.07, 6.45) is 5.35. The van der Waals surface area contributed by atoms with Crippen molar-refractivity contribution in [3.05, 3.63) is 54.0 Å². The van der Waals surface area contributed by atoms with E-state index in [4.69, 9.17) is 4.42 Å². The van der Waals surface area contributed by atoms with Gasteiger partial charge in [0.1, 0.15) is 11.5 Å². The minimum Gasteiger partial charge on any atom is -0.467 e. The van der Waals surface area contributed by atoms with Crippen LogP contribution in [-0.2, 0) is 16.8 Å². The van der Waals surface area contributed by atoms with Crippen molar-refractivity contribution in [1.82, 2.24) is 14.8 Å². The lowest BCUT2D eigenvalue weighted by molar-refractivity contribution is -0.119. The van der Waals surface area contributed by atoms with Crippen molar-refractivity contribution in [2.75, 3.05) is 0 Å². The number of thioether (sulfide) groups is 1. The Morgan fingerprint density at radius 3 is 2.59 bits per heavy atom. The van der Waals surface area contributed by atoms with E-state index in [1.807, 2.05) is 12.1 Å².